The molecule has 0 saturated heterocycles. The highest BCUT2D eigenvalue weighted by molar-refractivity contribution is 6.43. The van der Waals surface area contributed by atoms with Gasteiger partial charge in [0.1, 0.15) is 0 Å². The Bertz CT molecular complexity index is 715. The third-order valence-electron chi connectivity index (χ3n) is 2.89. The quantitative estimate of drug-likeness (QED) is 0.399. The zero-order chi connectivity index (χ0) is 14.5. The van der Waals surface area contributed by atoms with E-state index < -0.39 is 0 Å². The fourth-order valence-electron chi connectivity index (χ4n) is 1.86. The lowest BCUT2D eigenvalue weighted by Crippen LogP contribution is -1.75. The monoisotopic (exact) mass is 322 g/mol. The van der Waals surface area contributed by atoms with Crippen LogP contribution in [0.15, 0.2) is 60.7 Å². The Balaban J connectivity index is 0.000000151. The molecule has 0 aliphatic carbocycles. The average molecular weight is 324 g/mol. The van der Waals surface area contributed by atoms with Crippen LogP contribution in [0.5, 0.6) is 0 Å². The summed E-state index contributed by atoms with van der Waals surface area (Å²) >= 11 is 16.8. The Kier molecular flexibility index (Phi) is 5.31. The van der Waals surface area contributed by atoms with Crippen LogP contribution in [0, 0.1) is 6.92 Å². The highest BCUT2D eigenvalue weighted by Crippen LogP contribution is 2.24. The normalized spacial score (nSPS) is 10.0. The summed E-state index contributed by atoms with van der Waals surface area (Å²) in [6.07, 6.45) is 0. The van der Waals surface area contributed by atoms with Crippen molar-refractivity contribution in [3.63, 3.8) is 0 Å². The lowest BCUT2D eigenvalue weighted by Gasteiger charge is -1.98. The third-order valence-corrected chi connectivity index (χ3v) is 3.86. The van der Waals surface area contributed by atoms with Crippen LogP contribution >= 0.6 is 34.8 Å². The summed E-state index contributed by atoms with van der Waals surface area (Å²) in [7, 11) is 0. The van der Waals surface area contributed by atoms with Gasteiger partial charge in [0.05, 0.1) is 10.0 Å². The molecule has 102 valence electrons. The van der Waals surface area contributed by atoms with Crippen molar-refractivity contribution in [2.75, 3.05) is 0 Å². The van der Waals surface area contributed by atoms with Gasteiger partial charge in [0, 0.05) is 5.02 Å². The Hall–Kier alpha value is -1.21. The highest BCUT2D eigenvalue weighted by atomic mass is 35.5. The van der Waals surface area contributed by atoms with Crippen molar-refractivity contribution >= 4 is 45.6 Å². The second-order valence-corrected chi connectivity index (χ2v) is 5.61. The van der Waals surface area contributed by atoms with Gasteiger partial charge in [-0.3, -0.25) is 0 Å². The molecule has 3 aromatic rings. The van der Waals surface area contributed by atoms with Crippen molar-refractivity contribution in [1.82, 2.24) is 0 Å². The van der Waals surface area contributed by atoms with Crippen LogP contribution < -0.4 is 0 Å². The minimum absolute atomic E-state index is 0.490. The maximum atomic E-state index is 5.60. The minimum Gasteiger partial charge on any atom is -0.0843 e. The van der Waals surface area contributed by atoms with Gasteiger partial charge < -0.3 is 0 Å². The van der Waals surface area contributed by atoms with E-state index in [1.165, 1.54) is 16.3 Å². The van der Waals surface area contributed by atoms with Crippen LogP contribution in [0.3, 0.4) is 0 Å². The van der Waals surface area contributed by atoms with Gasteiger partial charge in [-0.1, -0.05) is 77.3 Å². The number of rotatable bonds is 0. The molecule has 20 heavy (non-hydrogen) atoms. The third kappa shape index (κ3) is 3.89. The second kappa shape index (κ2) is 6.99. The van der Waals surface area contributed by atoms with E-state index in [1.807, 2.05) is 0 Å². The fourth-order valence-corrected chi connectivity index (χ4v) is 2.38. The van der Waals surface area contributed by atoms with Gasteiger partial charge in [-0.15, -0.1) is 0 Å². The molecular weight excluding hydrogens is 311 g/mol. The van der Waals surface area contributed by atoms with Crippen LogP contribution in [0.25, 0.3) is 10.8 Å². The molecule has 0 aromatic heterocycles. The maximum Gasteiger partial charge on any atom is 0.0607 e. The van der Waals surface area contributed by atoms with E-state index in [9.17, 15) is 0 Å². The zero-order valence-electron chi connectivity index (χ0n) is 10.9. The topological polar surface area (TPSA) is 0 Å². The summed E-state index contributed by atoms with van der Waals surface area (Å²) in [6.45, 7) is 2.14. The van der Waals surface area contributed by atoms with Gasteiger partial charge in [0.25, 0.3) is 0 Å². The Labute approximate surface area is 133 Å². The molecule has 3 aromatic carbocycles. The lowest BCUT2D eigenvalue weighted by atomic mass is 10.1. The van der Waals surface area contributed by atoms with Crippen LogP contribution in [0.1, 0.15) is 5.56 Å². The number of benzene rings is 3. The molecular formula is C17H13Cl3. The Morgan fingerprint density at radius 3 is 2.05 bits per heavy atom. The first-order valence-corrected chi connectivity index (χ1v) is 7.26. The molecule has 0 heterocycles. The Morgan fingerprint density at radius 1 is 0.700 bits per heavy atom. The molecule has 0 saturated carbocycles. The minimum atomic E-state index is 0.490. The van der Waals surface area contributed by atoms with Gasteiger partial charge in [0.2, 0.25) is 0 Å². The van der Waals surface area contributed by atoms with Gasteiger partial charge in [-0.25, -0.2) is 0 Å². The summed E-state index contributed by atoms with van der Waals surface area (Å²) in [5.74, 6) is 0. The maximum absolute atomic E-state index is 5.60. The molecule has 0 fully saturated rings. The fraction of sp³-hybridized carbons (Fsp3) is 0.0588. The molecule has 0 radical (unpaired) electrons. The summed E-state index contributed by atoms with van der Waals surface area (Å²) in [5.41, 5.74) is 1.35. The molecule has 0 bridgehead atoms. The summed E-state index contributed by atoms with van der Waals surface area (Å²) in [6, 6.07) is 19.8. The number of aryl methyl sites for hydroxylation is 1. The standard InChI is InChI=1S/C11H10.C6H3Cl3/c1-9-5-4-7-10-6-2-3-8-11(9)10;7-4-1-2-5(8)6(9)3-4/h2-8H,1H3;1-3H. The van der Waals surface area contributed by atoms with E-state index in [4.69, 9.17) is 34.8 Å². The first-order valence-electron chi connectivity index (χ1n) is 6.13. The largest absolute Gasteiger partial charge is 0.0843 e. The zero-order valence-corrected chi connectivity index (χ0v) is 13.2. The number of hydrogen-bond acceptors (Lipinski definition) is 0. The molecule has 0 unspecified atom stereocenters. The first-order chi connectivity index (χ1) is 9.58. The summed E-state index contributed by atoms with van der Waals surface area (Å²) < 4.78 is 0. The predicted molar refractivity (Wildman–Crippen MR) is 90.2 cm³/mol. The van der Waals surface area contributed by atoms with Gasteiger partial charge in [0.15, 0.2) is 0 Å². The number of fused-ring (bicyclic) bond motifs is 1. The van der Waals surface area contributed by atoms with E-state index in [-0.39, 0.29) is 0 Å². The summed E-state index contributed by atoms with van der Waals surface area (Å²) in [4.78, 5) is 0. The lowest BCUT2D eigenvalue weighted by molar-refractivity contribution is 1.53. The molecule has 0 aliphatic rings. The molecule has 3 rings (SSSR count). The predicted octanol–water partition coefficient (Wildman–Crippen LogP) is 6.80. The van der Waals surface area contributed by atoms with Crippen LogP contribution in [0.4, 0.5) is 0 Å². The smallest absolute Gasteiger partial charge is 0.0607 e. The van der Waals surface area contributed by atoms with Crippen molar-refractivity contribution < 1.29 is 0 Å². The molecule has 0 atom stereocenters. The van der Waals surface area contributed by atoms with Gasteiger partial charge in [-0.05, 0) is 41.5 Å². The van der Waals surface area contributed by atoms with Gasteiger partial charge >= 0.3 is 0 Å². The van der Waals surface area contributed by atoms with Gasteiger partial charge in [-0.2, -0.15) is 0 Å². The molecule has 0 aliphatic heterocycles. The molecule has 0 nitrogen and oxygen atoms in total. The van der Waals surface area contributed by atoms with E-state index in [0.29, 0.717) is 15.1 Å². The van der Waals surface area contributed by atoms with Crippen LogP contribution in [-0.2, 0) is 0 Å². The second-order valence-electron chi connectivity index (χ2n) is 4.35. The highest BCUT2D eigenvalue weighted by Gasteiger charge is 1.95. The Morgan fingerprint density at radius 2 is 1.40 bits per heavy atom. The van der Waals surface area contributed by atoms with E-state index in [1.54, 1.807) is 18.2 Å². The van der Waals surface area contributed by atoms with Crippen LogP contribution in [0.2, 0.25) is 15.1 Å². The van der Waals surface area contributed by atoms with Crippen molar-refractivity contribution in [2.24, 2.45) is 0 Å². The van der Waals surface area contributed by atoms with E-state index >= 15 is 0 Å². The van der Waals surface area contributed by atoms with Crippen molar-refractivity contribution in [2.45, 2.75) is 6.92 Å². The van der Waals surface area contributed by atoms with Crippen molar-refractivity contribution in [3.05, 3.63) is 81.3 Å². The molecule has 3 heteroatoms. The number of hydrogen-bond donors (Lipinski definition) is 0. The van der Waals surface area contributed by atoms with E-state index in [2.05, 4.69) is 49.4 Å². The summed E-state index contributed by atoms with van der Waals surface area (Å²) in [5, 5.41) is 4.30. The van der Waals surface area contributed by atoms with Crippen molar-refractivity contribution in [1.29, 1.82) is 0 Å². The first kappa shape index (κ1) is 15.2. The SMILES string of the molecule is Cc1cccc2ccccc12.Clc1ccc(Cl)c(Cl)c1. The molecule has 0 amide bonds. The molecule has 0 spiro atoms. The molecule has 0 N–H and O–H groups in total. The van der Waals surface area contributed by atoms with Crippen LogP contribution in [-0.4, -0.2) is 0 Å². The van der Waals surface area contributed by atoms with E-state index in [0.717, 1.165) is 0 Å². The number of halogens is 3. The van der Waals surface area contributed by atoms with Crippen molar-refractivity contribution in [3.8, 4) is 0 Å². The average Bonchev–Trinajstić information content (AvgIpc) is 2.45.